The van der Waals surface area contributed by atoms with E-state index >= 15 is 0 Å². The third-order valence-electron chi connectivity index (χ3n) is 3.26. The molecule has 0 aliphatic carbocycles. The minimum atomic E-state index is -0.207. The van der Waals surface area contributed by atoms with Crippen LogP contribution in [-0.4, -0.2) is 20.7 Å². The predicted octanol–water partition coefficient (Wildman–Crippen LogP) is 1.43. The molecular formula is C14H19N5O. The average Bonchev–Trinajstić information content (AvgIpc) is 2.73. The van der Waals surface area contributed by atoms with E-state index < -0.39 is 0 Å². The molecule has 2 rings (SSSR count). The van der Waals surface area contributed by atoms with Gasteiger partial charge in [-0.3, -0.25) is 14.5 Å². The quantitative estimate of drug-likeness (QED) is 0.882. The average molecular weight is 273 g/mol. The number of pyridine rings is 1. The lowest BCUT2D eigenvalue weighted by molar-refractivity contribution is 0.0941. The van der Waals surface area contributed by atoms with Gasteiger partial charge in [0.25, 0.3) is 5.91 Å². The second kappa shape index (κ2) is 5.73. The van der Waals surface area contributed by atoms with Gasteiger partial charge in [0.2, 0.25) is 0 Å². The second-order valence-electron chi connectivity index (χ2n) is 4.65. The number of hydrogen-bond acceptors (Lipinski definition) is 4. The van der Waals surface area contributed by atoms with Crippen molar-refractivity contribution in [1.82, 2.24) is 20.1 Å². The topological polar surface area (TPSA) is 85.8 Å². The van der Waals surface area contributed by atoms with E-state index in [-0.39, 0.29) is 5.91 Å². The minimum Gasteiger partial charge on any atom is -0.395 e. The summed E-state index contributed by atoms with van der Waals surface area (Å²) in [7, 11) is 0. The van der Waals surface area contributed by atoms with Gasteiger partial charge < -0.3 is 11.1 Å². The van der Waals surface area contributed by atoms with Crippen molar-refractivity contribution < 1.29 is 4.79 Å². The van der Waals surface area contributed by atoms with Crippen molar-refractivity contribution in [2.24, 2.45) is 0 Å². The molecule has 0 bridgehead atoms. The van der Waals surface area contributed by atoms with Crippen molar-refractivity contribution in [2.45, 2.75) is 33.9 Å². The summed E-state index contributed by atoms with van der Waals surface area (Å²) >= 11 is 0. The van der Waals surface area contributed by atoms with Gasteiger partial charge in [0.15, 0.2) is 0 Å². The molecule has 20 heavy (non-hydrogen) atoms. The molecule has 0 fully saturated rings. The molecule has 0 saturated carbocycles. The van der Waals surface area contributed by atoms with Crippen LogP contribution in [0.3, 0.4) is 0 Å². The van der Waals surface area contributed by atoms with Crippen molar-refractivity contribution in [3.8, 4) is 0 Å². The second-order valence-corrected chi connectivity index (χ2v) is 4.65. The summed E-state index contributed by atoms with van der Waals surface area (Å²) in [5.41, 5.74) is 9.55. The number of anilines is 1. The number of rotatable bonds is 4. The van der Waals surface area contributed by atoms with Crippen LogP contribution in [0.5, 0.6) is 0 Å². The van der Waals surface area contributed by atoms with Gasteiger partial charge in [0.05, 0.1) is 11.4 Å². The molecule has 0 aliphatic heterocycles. The lowest BCUT2D eigenvalue weighted by Gasteiger charge is -2.09. The number of nitrogen functional groups attached to an aromatic ring is 1. The molecule has 0 unspecified atom stereocenters. The van der Waals surface area contributed by atoms with Gasteiger partial charge in [0.1, 0.15) is 5.69 Å². The summed E-state index contributed by atoms with van der Waals surface area (Å²) in [5, 5.41) is 7.12. The maximum absolute atomic E-state index is 12.3. The van der Waals surface area contributed by atoms with Crippen LogP contribution in [0.15, 0.2) is 18.5 Å². The van der Waals surface area contributed by atoms with Crippen LogP contribution in [-0.2, 0) is 13.1 Å². The van der Waals surface area contributed by atoms with E-state index in [1.807, 2.05) is 19.9 Å². The zero-order valence-corrected chi connectivity index (χ0v) is 12.0. The Balaban J connectivity index is 2.15. The molecule has 2 aromatic heterocycles. The molecule has 0 saturated heterocycles. The van der Waals surface area contributed by atoms with Gasteiger partial charge in [-0.1, -0.05) is 0 Å². The Morgan fingerprint density at radius 2 is 2.20 bits per heavy atom. The van der Waals surface area contributed by atoms with Crippen molar-refractivity contribution in [1.29, 1.82) is 0 Å². The largest absolute Gasteiger partial charge is 0.395 e. The molecule has 1 amide bonds. The lowest BCUT2D eigenvalue weighted by Crippen LogP contribution is -2.26. The Morgan fingerprint density at radius 1 is 1.45 bits per heavy atom. The maximum Gasteiger partial charge on any atom is 0.271 e. The first kappa shape index (κ1) is 14.0. The molecule has 0 aliphatic rings. The third kappa shape index (κ3) is 2.64. The van der Waals surface area contributed by atoms with E-state index in [9.17, 15) is 4.79 Å². The standard InChI is InChI=1S/C14H19N5O/c1-4-19-13(12(15)10(3)18-19)14(20)17-8-11-5-6-16-7-9(11)2/h5-7H,4,8,15H2,1-3H3,(H,17,20). The van der Waals surface area contributed by atoms with Gasteiger partial charge >= 0.3 is 0 Å². The fraction of sp³-hybridized carbons (Fsp3) is 0.357. The summed E-state index contributed by atoms with van der Waals surface area (Å²) < 4.78 is 1.62. The van der Waals surface area contributed by atoms with Gasteiger partial charge in [-0.05, 0) is 38.0 Å². The molecule has 0 radical (unpaired) electrons. The van der Waals surface area contributed by atoms with Crippen molar-refractivity contribution >= 4 is 11.6 Å². The van der Waals surface area contributed by atoms with Crippen LogP contribution >= 0.6 is 0 Å². The Hall–Kier alpha value is -2.37. The van der Waals surface area contributed by atoms with Gasteiger partial charge in [-0.2, -0.15) is 5.10 Å². The maximum atomic E-state index is 12.3. The Kier molecular flexibility index (Phi) is 4.02. The number of amides is 1. The number of nitrogens with two attached hydrogens (primary N) is 1. The van der Waals surface area contributed by atoms with E-state index in [0.29, 0.717) is 30.2 Å². The molecule has 6 nitrogen and oxygen atoms in total. The molecule has 0 spiro atoms. The summed E-state index contributed by atoms with van der Waals surface area (Å²) in [6.45, 7) is 6.74. The highest BCUT2D eigenvalue weighted by molar-refractivity contribution is 5.97. The van der Waals surface area contributed by atoms with Crippen LogP contribution in [0.4, 0.5) is 5.69 Å². The fourth-order valence-electron chi connectivity index (χ4n) is 2.02. The van der Waals surface area contributed by atoms with Crippen molar-refractivity contribution in [3.63, 3.8) is 0 Å². The van der Waals surface area contributed by atoms with E-state index in [0.717, 1.165) is 11.1 Å². The molecule has 0 atom stereocenters. The lowest BCUT2D eigenvalue weighted by atomic mass is 10.1. The zero-order chi connectivity index (χ0) is 14.7. The fourth-order valence-corrected chi connectivity index (χ4v) is 2.02. The minimum absolute atomic E-state index is 0.207. The zero-order valence-electron chi connectivity index (χ0n) is 12.0. The summed E-state index contributed by atoms with van der Waals surface area (Å²) in [4.78, 5) is 16.3. The third-order valence-corrected chi connectivity index (χ3v) is 3.26. The number of carbonyl (C=O) groups is 1. The number of nitrogens with zero attached hydrogens (tertiary/aromatic N) is 3. The van der Waals surface area contributed by atoms with E-state index in [1.165, 1.54) is 0 Å². The molecule has 3 N–H and O–H groups in total. The van der Waals surface area contributed by atoms with Crippen LogP contribution in [0.25, 0.3) is 0 Å². The Bertz CT molecular complexity index is 632. The molecule has 0 aromatic carbocycles. The van der Waals surface area contributed by atoms with Gasteiger partial charge in [-0.15, -0.1) is 0 Å². The normalized spacial score (nSPS) is 10.6. The highest BCUT2D eigenvalue weighted by Crippen LogP contribution is 2.16. The van der Waals surface area contributed by atoms with Crippen LogP contribution in [0, 0.1) is 13.8 Å². The molecule has 106 valence electrons. The number of nitrogens with one attached hydrogen (secondary N) is 1. The summed E-state index contributed by atoms with van der Waals surface area (Å²) in [5.74, 6) is -0.207. The first-order chi connectivity index (χ1) is 9.54. The van der Waals surface area contributed by atoms with Crippen molar-refractivity contribution in [3.05, 3.63) is 41.0 Å². The monoisotopic (exact) mass is 273 g/mol. The Labute approximate surface area is 118 Å². The van der Waals surface area contributed by atoms with Crippen LogP contribution in [0.1, 0.15) is 34.2 Å². The van der Waals surface area contributed by atoms with Gasteiger partial charge in [0, 0.05) is 25.5 Å². The van der Waals surface area contributed by atoms with Crippen LogP contribution in [0.2, 0.25) is 0 Å². The molecule has 6 heteroatoms. The number of aryl methyl sites for hydroxylation is 3. The first-order valence-electron chi connectivity index (χ1n) is 6.55. The first-order valence-corrected chi connectivity index (χ1v) is 6.55. The van der Waals surface area contributed by atoms with Crippen molar-refractivity contribution in [2.75, 3.05) is 5.73 Å². The van der Waals surface area contributed by atoms with Crippen LogP contribution < -0.4 is 11.1 Å². The molecule has 2 heterocycles. The van der Waals surface area contributed by atoms with E-state index in [4.69, 9.17) is 5.73 Å². The SMILES string of the molecule is CCn1nc(C)c(N)c1C(=O)NCc1ccncc1C. The highest BCUT2D eigenvalue weighted by atomic mass is 16.2. The number of hydrogen-bond donors (Lipinski definition) is 2. The van der Waals surface area contributed by atoms with E-state index in [1.54, 1.807) is 24.0 Å². The Morgan fingerprint density at radius 3 is 2.85 bits per heavy atom. The smallest absolute Gasteiger partial charge is 0.271 e. The predicted molar refractivity (Wildman–Crippen MR) is 77.2 cm³/mol. The number of carbonyl (C=O) groups excluding carboxylic acids is 1. The highest BCUT2D eigenvalue weighted by Gasteiger charge is 2.18. The molecule has 2 aromatic rings. The molecular weight excluding hydrogens is 254 g/mol. The van der Waals surface area contributed by atoms with Gasteiger partial charge in [-0.25, -0.2) is 0 Å². The van der Waals surface area contributed by atoms with E-state index in [2.05, 4.69) is 15.4 Å². The summed E-state index contributed by atoms with van der Waals surface area (Å²) in [6.07, 6.45) is 3.49. The summed E-state index contributed by atoms with van der Waals surface area (Å²) in [6, 6.07) is 1.89. The number of aromatic nitrogens is 3.